The summed E-state index contributed by atoms with van der Waals surface area (Å²) in [7, 11) is 0. The minimum absolute atomic E-state index is 0.0395. The summed E-state index contributed by atoms with van der Waals surface area (Å²) >= 11 is 0. The van der Waals surface area contributed by atoms with Crippen molar-refractivity contribution in [2.24, 2.45) is 0 Å². The highest BCUT2D eigenvalue weighted by molar-refractivity contribution is 5.94. The third-order valence-electron chi connectivity index (χ3n) is 4.64. The maximum atomic E-state index is 12.4. The van der Waals surface area contributed by atoms with Crippen LogP contribution in [0.4, 0.5) is 0 Å². The molecule has 24 heavy (non-hydrogen) atoms. The van der Waals surface area contributed by atoms with Gasteiger partial charge < -0.3 is 5.32 Å². The molecule has 0 radical (unpaired) electrons. The fourth-order valence-corrected chi connectivity index (χ4v) is 2.97. The van der Waals surface area contributed by atoms with Crippen LogP contribution in [0.5, 0.6) is 0 Å². The maximum Gasteiger partial charge on any atom is 0.251 e. The molecule has 0 saturated heterocycles. The lowest BCUT2D eigenvalue weighted by atomic mass is 9.96. The van der Waals surface area contributed by atoms with Crippen LogP contribution >= 0.6 is 0 Å². The molecule has 1 aliphatic carbocycles. The Morgan fingerprint density at radius 2 is 1.83 bits per heavy atom. The largest absolute Gasteiger partial charge is 0.351 e. The van der Waals surface area contributed by atoms with E-state index in [1.807, 2.05) is 30.3 Å². The summed E-state index contributed by atoms with van der Waals surface area (Å²) in [5, 5.41) is 7.16. The van der Waals surface area contributed by atoms with E-state index < -0.39 is 0 Å². The Morgan fingerprint density at radius 3 is 2.46 bits per heavy atom. The summed E-state index contributed by atoms with van der Waals surface area (Å²) in [6, 6.07) is 17.8. The first-order valence-electron chi connectivity index (χ1n) is 8.06. The van der Waals surface area contributed by atoms with Gasteiger partial charge >= 0.3 is 0 Å². The molecule has 1 amide bonds. The minimum Gasteiger partial charge on any atom is -0.351 e. The minimum atomic E-state index is -0.0395. The van der Waals surface area contributed by atoms with E-state index in [4.69, 9.17) is 0 Å². The van der Waals surface area contributed by atoms with Crippen molar-refractivity contribution in [1.82, 2.24) is 20.1 Å². The van der Waals surface area contributed by atoms with Gasteiger partial charge in [-0.3, -0.25) is 4.79 Å². The Morgan fingerprint density at radius 1 is 1.08 bits per heavy atom. The number of carbonyl (C=O) groups is 1. The number of nitrogens with zero attached hydrogens (tertiary/aromatic N) is 3. The summed E-state index contributed by atoms with van der Waals surface area (Å²) in [5.74, 6) is -0.0395. The highest BCUT2D eigenvalue weighted by Crippen LogP contribution is 2.47. The third-order valence-corrected chi connectivity index (χ3v) is 4.64. The quantitative estimate of drug-likeness (QED) is 0.787. The SMILES string of the molecule is O=C(NCC1(c2ccccc2)CC1)c1ccc(-n2cncn2)cc1. The van der Waals surface area contributed by atoms with Crippen LogP contribution < -0.4 is 5.32 Å². The number of amides is 1. The second-order valence-corrected chi connectivity index (χ2v) is 6.22. The van der Waals surface area contributed by atoms with Gasteiger partial charge in [0.05, 0.1) is 5.69 Å². The average molecular weight is 318 g/mol. The van der Waals surface area contributed by atoms with E-state index in [-0.39, 0.29) is 11.3 Å². The van der Waals surface area contributed by atoms with Gasteiger partial charge in [0.25, 0.3) is 5.91 Å². The monoisotopic (exact) mass is 318 g/mol. The molecule has 3 aromatic rings. The van der Waals surface area contributed by atoms with Crippen molar-refractivity contribution in [3.05, 3.63) is 78.4 Å². The number of carbonyl (C=O) groups excluding carboxylic acids is 1. The zero-order valence-corrected chi connectivity index (χ0v) is 13.2. The predicted molar refractivity (Wildman–Crippen MR) is 91.0 cm³/mol. The Balaban J connectivity index is 1.42. The first-order valence-corrected chi connectivity index (χ1v) is 8.06. The highest BCUT2D eigenvalue weighted by Gasteiger charge is 2.44. The molecule has 2 aromatic carbocycles. The molecule has 1 saturated carbocycles. The van der Waals surface area contributed by atoms with Crippen LogP contribution in [0.3, 0.4) is 0 Å². The number of benzene rings is 2. The smallest absolute Gasteiger partial charge is 0.251 e. The van der Waals surface area contributed by atoms with Crippen LogP contribution in [0.25, 0.3) is 5.69 Å². The second kappa shape index (κ2) is 5.92. The second-order valence-electron chi connectivity index (χ2n) is 6.22. The van der Waals surface area contributed by atoms with Gasteiger partial charge in [-0.1, -0.05) is 30.3 Å². The van der Waals surface area contributed by atoms with E-state index >= 15 is 0 Å². The summed E-state index contributed by atoms with van der Waals surface area (Å²) in [5.41, 5.74) is 2.97. The number of nitrogens with one attached hydrogen (secondary N) is 1. The maximum absolute atomic E-state index is 12.4. The number of rotatable bonds is 5. The van der Waals surface area contributed by atoms with Gasteiger partial charge in [-0.05, 0) is 42.7 Å². The van der Waals surface area contributed by atoms with E-state index in [2.05, 4.69) is 39.7 Å². The Labute approximate surface area is 140 Å². The molecule has 0 atom stereocenters. The fraction of sp³-hybridized carbons (Fsp3) is 0.211. The molecule has 0 spiro atoms. The van der Waals surface area contributed by atoms with Crippen LogP contribution in [-0.4, -0.2) is 27.2 Å². The Kier molecular flexibility index (Phi) is 3.61. The lowest BCUT2D eigenvalue weighted by molar-refractivity contribution is 0.0949. The fourth-order valence-electron chi connectivity index (χ4n) is 2.97. The standard InChI is InChI=1S/C19H18N4O/c24-18(15-6-8-17(9-7-15)23-14-20-13-22-23)21-12-19(10-11-19)16-4-2-1-3-5-16/h1-9,13-14H,10-12H2,(H,21,24). The molecule has 1 aliphatic rings. The van der Waals surface area contributed by atoms with Crippen molar-refractivity contribution in [2.45, 2.75) is 18.3 Å². The van der Waals surface area contributed by atoms with Crippen LogP contribution in [0.1, 0.15) is 28.8 Å². The zero-order valence-electron chi connectivity index (χ0n) is 13.2. The van der Waals surface area contributed by atoms with Crippen molar-refractivity contribution in [1.29, 1.82) is 0 Å². The van der Waals surface area contributed by atoms with Crippen molar-refractivity contribution in [3.8, 4) is 5.69 Å². The van der Waals surface area contributed by atoms with Gasteiger partial charge in [0, 0.05) is 17.5 Å². The summed E-state index contributed by atoms with van der Waals surface area (Å²) < 4.78 is 1.66. The van der Waals surface area contributed by atoms with E-state index in [0.29, 0.717) is 12.1 Å². The zero-order chi connectivity index (χ0) is 16.4. The topological polar surface area (TPSA) is 59.8 Å². The van der Waals surface area contributed by atoms with Crippen molar-refractivity contribution in [2.75, 3.05) is 6.54 Å². The summed E-state index contributed by atoms with van der Waals surface area (Å²) in [4.78, 5) is 16.3. The Hall–Kier alpha value is -2.95. The summed E-state index contributed by atoms with van der Waals surface area (Å²) in [6.45, 7) is 0.681. The van der Waals surface area contributed by atoms with Gasteiger partial charge in [-0.15, -0.1) is 0 Å². The van der Waals surface area contributed by atoms with E-state index in [0.717, 1.165) is 18.5 Å². The normalized spacial score (nSPS) is 15.0. The number of hydrogen-bond donors (Lipinski definition) is 1. The van der Waals surface area contributed by atoms with E-state index in [1.165, 1.54) is 11.9 Å². The molecular weight excluding hydrogens is 300 g/mol. The molecule has 0 aliphatic heterocycles. The molecule has 1 heterocycles. The van der Waals surface area contributed by atoms with Crippen molar-refractivity contribution >= 4 is 5.91 Å². The molecule has 1 aromatic heterocycles. The molecule has 1 N–H and O–H groups in total. The van der Waals surface area contributed by atoms with E-state index in [1.54, 1.807) is 11.0 Å². The first kappa shape index (κ1) is 14.6. The lowest BCUT2D eigenvalue weighted by Gasteiger charge is -2.16. The molecule has 120 valence electrons. The van der Waals surface area contributed by atoms with Crippen LogP contribution in [-0.2, 0) is 5.41 Å². The first-order chi connectivity index (χ1) is 11.8. The average Bonchev–Trinajstić information content (AvgIpc) is 3.24. The molecule has 0 unspecified atom stereocenters. The predicted octanol–water partition coefficient (Wildman–Crippen LogP) is 2.73. The van der Waals surface area contributed by atoms with Crippen LogP contribution in [0.15, 0.2) is 67.3 Å². The van der Waals surface area contributed by atoms with Crippen molar-refractivity contribution < 1.29 is 4.79 Å². The van der Waals surface area contributed by atoms with E-state index in [9.17, 15) is 4.79 Å². The van der Waals surface area contributed by atoms with Crippen molar-refractivity contribution in [3.63, 3.8) is 0 Å². The van der Waals surface area contributed by atoms with Gasteiger partial charge in [-0.2, -0.15) is 5.10 Å². The van der Waals surface area contributed by atoms with Crippen LogP contribution in [0, 0.1) is 0 Å². The third kappa shape index (κ3) is 2.80. The van der Waals surface area contributed by atoms with Gasteiger partial charge in [0.1, 0.15) is 12.7 Å². The van der Waals surface area contributed by atoms with Gasteiger partial charge in [0.2, 0.25) is 0 Å². The molecule has 5 nitrogen and oxygen atoms in total. The molecule has 1 fully saturated rings. The molecule has 0 bridgehead atoms. The number of aromatic nitrogens is 3. The molecule has 4 rings (SSSR count). The summed E-state index contributed by atoms with van der Waals surface area (Å²) in [6.07, 6.45) is 5.37. The van der Waals surface area contributed by atoms with Gasteiger partial charge in [0.15, 0.2) is 0 Å². The number of hydrogen-bond acceptors (Lipinski definition) is 3. The molecule has 5 heteroatoms. The molecular formula is C19H18N4O. The highest BCUT2D eigenvalue weighted by atomic mass is 16.1. The van der Waals surface area contributed by atoms with Crippen LogP contribution in [0.2, 0.25) is 0 Å². The Bertz CT molecular complexity index is 822. The van der Waals surface area contributed by atoms with Gasteiger partial charge in [-0.25, -0.2) is 9.67 Å². The lowest BCUT2D eigenvalue weighted by Crippen LogP contribution is -2.32.